The maximum atomic E-state index is 13.4. The molecule has 0 fully saturated rings. The van der Waals surface area contributed by atoms with Crippen molar-refractivity contribution in [1.82, 2.24) is 0 Å². The molecule has 150 valence electrons. The molecule has 0 bridgehead atoms. The molecule has 0 aliphatic rings. The lowest BCUT2D eigenvalue weighted by molar-refractivity contribution is -0.384. The summed E-state index contributed by atoms with van der Waals surface area (Å²) in [6.07, 6.45) is -4.62. The second kappa shape index (κ2) is 8.51. The van der Waals surface area contributed by atoms with Crippen LogP contribution in [0.5, 0.6) is 0 Å². The number of hydrogen-bond donors (Lipinski definition) is 1. The van der Waals surface area contributed by atoms with Gasteiger partial charge in [-0.25, -0.2) is 0 Å². The summed E-state index contributed by atoms with van der Waals surface area (Å²) in [6, 6.07) is 9.25. The van der Waals surface area contributed by atoms with E-state index in [-0.39, 0.29) is 11.4 Å². The lowest BCUT2D eigenvalue weighted by Gasteiger charge is -2.20. The Morgan fingerprint density at radius 1 is 1.18 bits per heavy atom. The van der Waals surface area contributed by atoms with Gasteiger partial charge in [0.25, 0.3) is 5.69 Å². The maximum absolute atomic E-state index is 13.4. The van der Waals surface area contributed by atoms with Crippen molar-refractivity contribution in [2.24, 2.45) is 0 Å². The fourth-order valence-corrected chi connectivity index (χ4v) is 3.16. The molecule has 1 amide bonds. The second-order valence-electron chi connectivity index (χ2n) is 6.12. The van der Waals surface area contributed by atoms with Crippen LogP contribution in [0.1, 0.15) is 12.5 Å². The van der Waals surface area contributed by atoms with Crippen molar-refractivity contribution in [2.45, 2.75) is 23.2 Å². The summed E-state index contributed by atoms with van der Waals surface area (Å²) in [6.45, 7) is 1.54. The number of hydrogen-bond acceptors (Lipinski definition) is 5. The zero-order valence-corrected chi connectivity index (χ0v) is 16.1. The van der Waals surface area contributed by atoms with Gasteiger partial charge in [0.05, 0.1) is 21.4 Å². The van der Waals surface area contributed by atoms with E-state index in [2.05, 4.69) is 5.32 Å². The third kappa shape index (κ3) is 5.38. The van der Waals surface area contributed by atoms with E-state index in [0.717, 1.165) is 17.8 Å². The number of rotatable bonds is 6. The van der Waals surface area contributed by atoms with Gasteiger partial charge in [-0.15, -0.1) is 11.8 Å². The highest BCUT2D eigenvalue weighted by atomic mass is 32.2. The van der Waals surface area contributed by atoms with Crippen molar-refractivity contribution in [1.29, 1.82) is 0 Å². The smallest absolute Gasteiger partial charge is 0.378 e. The second-order valence-corrected chi connectivity index (χ2v) is 7.54. The van der Waals surface area contributed by atoms with Crippen LogP contribution in [0.15, 0.2) is 47.4 Å². The van der Waals surface area contributed by atoms with Crippen molar-refractivity contribution in [3.8, 4) is 0 Å². The van der Waals surface area contributed by atoms with Gasteiger partial charge in [-0.1, -0.05) is 0 Å². The van der Waals surface area contributed by atoms with Gasteiger partial charge in [-0.3, -0.25) is 14.9 Å². The third-order valence-corrected chi connectivity index (χ3v) is 4.92. The summed E-state index contributed by atoms with van der Waals surface area (Å²) < 4.78 is 40.1. The number of non-ortho nitro benzene ring substituents is 1. The molecule has 2 aromatic carbocycles. The number of alkyl halides is 3. The Hall–Kier alpha value is -2.75. The number of nitro groups is 1. The van der Waals surface area contributed by atoms with E-state index in [0.29, 0.717) is 10.6 Å². The normalized spacial score (nSPS) is 12.4. The Balaban J connectivity index is 2.16. The molecule has 0 aliphatic carbocycles. The molecule has 0 aliphatic heterocycles. The minimum absolute atomic E-state index is 0.0859. The monoisotopic (exact) mass is 413 g/mol. The predicted molar refractivity (Wildman–Crippen MR) is 103 cm³/mol. The molecule has 1 unspecified atom stereocenters. The predicted octanol–water partition coefficient (Wildman–Crippen LogP) is 4.80. The number of thioether (sulfide) groups is 1. The first-order valence-electron chi connectivity index (χ1n) is 8.09. The molecule has 2 rings (SSSR count). The van der Waals surface area contributed by atoms with Crippen molar-refractivity contribution in [3.63, 3.8) is 0 Å². The SMILES string of the molecule is CC(Sc1ccc([N+](=O)[O-])cc1)C(=O)Nc1ccc(N(C)C)cc1C(F)(F)F. The average molecular weight is 413 g/mol. The highest BCUT2D eigenvalue weighted by molar-refractivity contribution is 8.00. The number of amides is 1. The van der Waals surface area contributed by atoms with Crippen LogP contribution in [0.4, 0.5) is 30.2 Å². The Morgan fingerprint density at radius 2 is 1.79 bits per heavy atom. The van der Waals surface area contributed by atoms with E-state index in [4.69, 9.17) is 0 Å². The van der Waals surface area contributed by atoms with Crippen molar-refractivity contribution in [3.05, 3.63) is 58.1 Å². The van der Waals surface area contributed by atoms with E-state index in [9.17, 15) is 28.1 Å². The Morgan fingerprint density at radius 3 is 2.29 bits per heavy atom. The van der Waals surface area contributed by atoms with Crippen LogP contribution in [-0.4, -0.2) is 30.2 Å². The quantitative estimate of drug-likeness (QED) is 0.418. The molecule has 0 radical (unpaired) electrons. The zero-order valence-electron chi connectivity index (χ0n) is 15.3. The maximum Gasteiger partial charge on any atom is 0.418 e. The third-order valence-electron chi connectivity index (χ3n) is 3.81. The van der Waals surface area contributed by atoms with Gasteiger partial charge in [0.1, 0.15) is 0 Å². The van der Waals surface area contributed by atoms with Crippen LogP contribution in [0.25, 0.3) is 0 Å². The lowest BCUT2D eigenvalue weighted by Crippen LogP contribution is -2.24. The molecule has 0 saturated heterocycles. The molecule has 0 aromatic heterocycles. The van der Waals surface area contributed by atoms with Gasteiger partial charge in [0, 0.05) is 36.8 Å². The molecule has 10 heteroatoms. The molecule has 28 heavy (non-hydrogen) atoms. The van der Waals surface area contributed by atoms with E-state index in [1.54, 1.807) is 21.0 Å². The molecule has 0 spiro atoms. The molecule has 2 aromatic rings. The fourth-order valence-electron chi connectivity index (χ4n) is 2.29. The van der Waals surface area contributed by atoms with Crippen LogP contribution in [0, 0.1) is 10.1 Å². The number of carbonyl (C=O) groups excluding carboxylic acids is 1. The minimum Gasteiger partial charge on any atom is -0.378 e. The largest absolute Gasteiger partial charge is 0.418 e. The molecular formula is C18H18F3N3O3S. The summed E-state index contributed by atoms with van der Waals surface area (Å²) in [5.74, 6) is -0.605. The summed E-state index contributed by atoms with van der Waals surface area (Å²) >= 11 is 1.09. The zero-order chi connectivity index (χ0) is 21.1. The summed E-state index contributed by atoms with van der Waals surface area (Å²) in [7, 11) is 3.24. The van der Waals surface area contributed by atoms with Crippen LogP contribution in [0.2, 0.25) is 0 Å². The van der Waals surface area contributed by atoms with Gasteiger partial charge in [-0.05, 0) is 37.3 Å². The van der Waals surface area contributed by atoms with Crippen LogP contribution in [-0.2, 0) is 11.0 Å². The number of nitrogens with one attached hydrogen (secondary N) is 1. The van der Waals surface area contributed by atoms with E-state index in [1.807, 2.05) is 0 Å². The van der Waals surface area contributed by atoms with E-state index in [1.165, 1.54) is 41.3 Å². The van der Waals surface area contributed by atoms with Gasteiger partial charge in [-0.2, -0.15) is 13.2 Å². The first-order chi connectivity index (χ1) is 13.0. The number of nitrogens with zero attached hydrogens (tertiary/aromatic N) is 2. The van der Waals surface area contributed by atoms with Crippen LogP contribution >= 0.6 is 11.8 Å². The highest BCUT2D eigenvalue weighted by Gasteiger charge is 2.34. The van der Waals surface area contributed by atoms with Gasteiger partial charge < -0.3 is 10.2 Å². The van der Waals surface area contributed by atoms with Crippen molar-refractivity contribution >= 4 is 34.7 Å². The highest BCUT2D eigenvalue weighted by Crippen LogP contribution is 2.37. The minimum atomic E-state index is -4.62. The number of nitro benzene ring substituents is 1. The number of benzene rings is 2. The summed E-state index contributed by atoms with van der Waals surface area (Å²) in [5, 5.41) is 12.3. The Labute approximate surface area is 163 Å². The molecule has 0 heterocycles. The molecule has 1 N–H and O–H groups in total. The molecule has 1 atom stereocenters. The average Bonchev–Trinajstić information content (AvgIpc) is 2.61. The van der Waals surface area contributed by atoms with Crippen LogP contribution < -0.4 is 10.2 Å². The van der Waals surface area contributed by atoms with Crippen LogP contribution in [0.3, 0.4) is 0 Å². The Bertz CT molecular complexity index is 871. The fraction of sp³-hybridized carbons (Fsp3) is 0.278. The van der Waals surface area contributed by atoms with Gasteiger partial charge in [0.2, 0.25) is 5.91 Å². The Kier molecular flexibility index (Phi) is 6.55. The summed E-state index contributed by atoms with van der Waals surface area (Å²) in [4.78, 5) is 24.6. The van der Waals surface area contributed by atoms with Gasteiger partial charge in [0.15, 0.2) is 0 Å². The number of carbonyl (C=O) groups is 1. The first-order valence-corrected chi connectivity index (χ1v) is 8.97. The summed E-state index contributed by atoms with van der Waals surface area (Å²) in [5.41, 5.74) is -0.977. The number of anilines is 2. The standard InChI is InChI=1S/C18H18F3N3O3S/c1-11(28-14-7-4-12(5-8-14)24(26)27)17(25)22-16-9-6-13(23(2)3)10-15(16)18(19,20)21/h4-11H,1-3H3,(H,22,25). The number of halogens is 3. The van der Waals surface area contributed by atoms with E-state index < -0.39 is 27.8 Å². The van der Waals surface area contributed by atoms with Crippen molar-refractivity contribution in [2.75, 3.05) is 24.3 Å². The van der Waals surface area contributed by atoms with E-state index >= 15 is 0 Å². The molecule has 0 saturated carbocycles. The first kappa shape index (κ1) is 21.5. The lowest BCUT2D eigenvalue weighted by atomic mass is 10.1. The van der Waals surface area contributed by atoms with Gasteiger partial charge >= 0.3 is 6.18 Å². The molecular weight excluding hydrogens is 395 g/mol. The van der Waals surface area contributed by atoms with Crippen molar-refractivity contribution < 1.29 is 22.9 Å². The molecule has 6 nitrogen and oxygen atoms in total. The topological polar surface area (TPSA) is 75.5 Å².